The number of nitrogens with zero attached hydrogens (tertiary/aromatic N) is 1. The fraction of sp³-hybridized carbons (Fsp3) is 0.643. The molecule has 100 valence electrons. The number of nitrogens with one attached hydrogen (secondary N) is 1. The number of hydrogen-bond donors (Lipinski definition) is 1. The summed E-state index contributed by atoms with van der Waals surface area (Å²) in [6.07, 6.45) is 3.28. The third-order valence-electron chi connectivity index (χ3n) is 3.72. The quantitative estimate of drug-likeness (QED) is 0.889. The van der Waals surface area contributed by atoms with Gasteiger partial charge in [-0.1, -0.05) is 6.92 Å². The third-order valence-corrected chi connectivity index (χ3v) is 4.42. The molecule has 2 rings (SSSR count). The lowest BCUT2D eigenvalue weighted by Gasteiger charge is -2.25. The van der Waals surface area contributed by atoms with Gasteiger partial charge in [-0.3, -0.25) is 4.79 Å². The molecule has 18 heavy (non-hydrogen) atoms. The van der Waals surface area contributed by atoms with Crippen LogP contribution in [0, 0.1) is 0 Å². The standard InChI is InChI=1S/C14H22N2OS/c1-3-11(2)15-9-14(17)16-7-4-5-13(16)12-6-8-18-10-12/h6,8,10-11,13,15H,3-5,7,9H2,1-2H3. The van der Waals surface area contributed by atoms with Crippen molar-refractivity contribution in [2.24, 2.45) is 0 Å². The highest BCUT2D eigenvalue weighted by Crippen LogP contribution is 2.32. The predicted molar refractivity (Wildman–Crippen MR) is 75.8 cm³/mol. The van der Waals surface area contributed by atoms with Gasteiger partial charge in [-0.15, -0.1) is 0 Å². The number of likely N-dealkylation sites (tertiary alicyclic amines) is 1. The molecule has 0 spiro atoms. The first kappa shape index (κ1) is 13.6. The molecule has 3 nitrogen and oxygen atoms in total. The molecule has 1 saturated heterocycles. The summed E-state index contributed by atoms with van der Waals surface area (Å²) in [6, 6.07) is 2.86. The van der Waals surface area contributed by atoms with E-state index in [4.69, 9.17) is 0 Å². The van der Waals surface area contributed by atoms with Crippen molar-refractivity contribution in [3.8, 4) is 0 Å². The van der Waals surface area contributed by atoms with Crippen LogP contribution in [0.15, 0.2) is 16.8 Å². The van der Waals surface area contributed by atoms with E-state index < -0.39 is 0 Å². The number of carbonyl (C=O) groups is 1. The Hall–Kier alpha value is -0.870. The molecule has 0 saturated carbocycles. The van der Waals surface area contributed by atoms with Gasteiger partial charge in [-0.2, -0.15) is 11.3 Å². The SMILES string of the molecule is CCC(C)NCC(=O)N1CCCC1c1ccsc1. The summed E-state index contributed by atoms with van der Waals surface area (Å²) >= 11 is 1.71. The van der Waals surface area contributed by atoms with Gasteiger partial charge in [0.2, 0.25) is 5.91 Å². The average Bonchev–Trinajstić information content (AvgIpc) is 3.04. The normalized spacial score (nSPS) is 21.2. The summed E-state index contributed by atoms with van der Waals surface area (Å²) in [5.41, 5.74) is 1.30. The van der Waals surface area contributed by atoms with Crippen molar-refractivity contribution in [1.82, 2.24) is 10.2 Å². The van der Waals surface area contributed by atoms with Crippen LogP contribution in [0.2, 0.25) is 0 Å². The fourth-order valence-electron chi connectivity index (χ4n) is 2.38. The Morgan fingerprint density at radius 3 is 3.17 bits per heavy atom. The van der Waals surface area contributed by atoms with Gasteiger partial charge >= 0.3 is 0 Å². The van der Waals surface area contributed by atoms with Crippen LogP contribution in [0.4, 0.5) is 0 Å². The highest BCUT2D eigenvalue weighted by atomic mass is 32.1. The van der Waals surface area contributed by atoms with E-state index in [-0.39, 0.29) is 5.91 Å². The molecule has 2 heterocycles. The summed E-state index contributed by atoms with van der Waals surface area (Å²) in [5.74, 6) is 0.240. The molecule has 0 aromatic carbocycles. The molecule has 0 bridgehead atoms. The first-order chi connectivity index (χ1) is 8.72. The van der Waals surface area contributed by atoms with Gasteiger partial charge in [0.25, 0.3) is 0 Å². The minimum absolute atomic E-state index is 0.240. The highest BCUT2D eigenvalue weighted by molar-refractivity contribution is 7.07. The number of hydrogen-bond acceptors (Lipinski definition) is 3. The smallest absolute Gasteiger partial charge is 0.237 e. The molecule has 2 unspecified atom stereocenters. The summed E-state index contributed by atoms with van der Waals surface area (Å²) in [7, 11) is 0. The minimum Gasteiger partial charge on any atom is -0.335 e. The third kappa shape index (κ3) is 3.12. The summed E-state index contributed by atoms with van der Waals surface area (Å²) < 4.78 is 0. The monoisotopic (exact) mass is 266 g/mol. The highest BCUT2D eigenvalue weighted by Gasteiger charge is 2.29. The molecule has 1 N–H and O–H groups in total. The zero-order valence-electron chi connectivity index (χ0n) is 11.2. The number of rotatable bonds is 5. The van der Waals surface area contributed by atoms with E-state index in [1.165, 1.54) is 5.56 Å². The van der Waals surface area contributed by atoms with E-state index in [9.17, 15) is 4.79 Å². The van der Waals surface area contributed by atoms with E-state index in [1.807, 2.05) is 4.90 Å². The largest absolute Gasteiger partial charge is 0.335 e. The van der Waals surface area contributed by atoms with Crippen LogP contribution >= 0.6 is 11.3 Å². The number of amides is 1. The Morgan fingerprint density at radius 1 is 1.67 bits per heavy atom. The van der Waals surface area contributed by atoms with Gasteiger partial charge in [0.05, 0.1) is 12.6 Å². The molecule has 4 heteroatoms. The maximum absolute atomic E-state index is 12.2. The van der Waals surface area contributed by atoms with E-state index in [0.717, 1.165) is 25.8 Å². The molecule has 0 radical (unpaired) electrons. The maximum atomic E-state index is 12.2. The van der Waals surface area contributed by atoms with Gasteiger partial charge in [0.15, 0.2) is 0 Å². The molecule has 1 fully saturated rings. The van der Waals surface area contributed by atoms with Gasteiger partial charge < -0.3 is 10.2 Å². The Morgan fingerprint density at radius 2 is 2.50 bits per heavy atom. The van der Waals surface area contributed by atoms with Crippen molar-refractivity contribution >= 4 is 17.2 Å². The summed E-state index contributed by atoms with van der Waals surface area (Å²) in [6.45, 7) is 5.62. The number of thiophene rings is 1. The van der Waals surface area contributed by atoms with E-state index in [2.05, 4.69) is 36.0 Å². The van der Waals surface area contributed by atoms with Crippen LogP contribution < -0.4 is 5.32 Å². The van der Waals surface area contributed by atoms with Crippen LogP contribution in [0.3, 0.4) is 0 Å². The second-order valence-electron chi connectivity index (χ2n) is 4.99. The van der Waals surface area contributed by atoms with Crippen molar-refractivity contribution in [2.45, 2.75) is 45.2 Å². The van der Waals surface area contributed by atoms with Crippen LogP contribution in [0.5, 0.6) is 0 Å². The van der Waals surface area contributed by atoms with Gasteiger partial charge in [0, 0.05) is 12.6 Å². The first-order valence-corrected chi connectivity index (χ1v) is 7.71. The predicted octanol–water partition coefficient (Wildman–Crippen LogP) is 2.80. The Kier molecular flexibility index (Phi) is 4.78. The van der Waals surface area contributed by atoms with Crippen LogP contribution in [0.25, 0.3) is 0 Å². The lowest BCUT2D eigenvalue weighted by Crippen LogP contribution is -2.40. The molecule has 1 aliphatic rings. The molecule has 1 aliphatic heterocycles. The lowest BCUT2D eigenvalue weighted by molar-refractivity contribution is -0.131. The maximum Gasteiger partial charge on any atom is 0.237 e. The van der Waals surface area contributed by atoms with Crippen LogP contribution in [-0.4, -0.2) is 29.9 Å². The van der Waals surface area contributed by atoms with Crippen LogP contribution in [0.1, 0.15) is 44.7 Å². The van der Waals surface area contributed by atoms with Crippen molar-refractivity contribution < 1.29 is 4.79 Å². The van der Waals surface area contributed by atoms with Gasteiger partial charge in [0.1, 0.15) is 0 Å². The Bertz CT molecular complexity index is 377. The molecule has 1 aromatic heterocycles. The Labute approximate surface area is 113 Å². The average molecular weight is 266 g/mol. The molecule has 1 aromatic rings. The molecular weight excluding hydrogens is 244 g/mol. The fourth-order valence-corrected chi connectivity index (χ4v) is 3.09. The molecular formula is C14H22N2OS. The summed E-state index contributed by atoms with van der Waals surface area (Å²) in [5, 5.41) is 7.54. The van der Waals surface area contributed by atoms with Crippen molar-refractivity contribution in [3.05, 3.63) is 22.4 Å². The Balaban J connectivity index is 1.93. The van der Waals surface area contributed by atoms with Crippen molar-refractivity contribution in [2.75, 3.05) is 13.1 Å². The zero-order chi connectivity index (χ0) is 13.0. The van der Waals surface area contributed by atoms with Crippen molar-refractivity contribution in [3.63, 3.8) is 0 Å². The molecule has 0 aliphatic carbocycles. The van der Waals surface area contributed by atoms with Gasteiger partial charge in [-0.25, -0.2) is 0 Å². The second-order valence-corrected chi connectivity index (χ2v) is 5.77. The van der Waals surface area contributed by atoms with Crippen LogP contribution in [-0.2, 0) is 4.79 Å². The second kappa shape index (κ2) is 6.34. The minimum atomic E-state index is 0.240. The summed E-state index contributed by atoms with van der Waals surface area (Å²) in [4.78, 5) is 14.3. The first-order valence-electron chi connectivity index (χ1n) is 6.77. The topological polar surface area (TPSA) is 32.3 Å². The van der Waals surface area contributed by atoms with Gasteiger partial charge in [-0.05, 0) is 48.6 Å². The van der Waals surface area contributed by atoms with E-state index in [1.54, 1.807) is 11.3 Å². The zero-order valence-corrected chi connectivity index (χ0v) is 12.0. The lowest BCUT2D eigenvalue weighted by atomic mass is 10.1. The number of carbonyl (C=O) groups excluding carboxylic acids is 1. The molecule has 2 atom stereocenters. The molecule has 1 amide bonds. The van der Waals surface area contributed by atoms with Crippen molar-refractivity contribution in [1.29, 1.82) is 0 Å². The van der Waals surface area contributed by atoms with E-state index in [0.29, 0.717) is 18.6 Å². The van der Waals surface area contributed by atoms with E-state index >= 15 is 0 Å².